The first kappa shape index (κ1) is 11.9. The molecule has 0 radical (unpaired) electrons. The van der Waals surface area contributed by atoms with Gasteiger partial charge in [-0.1, -0.05) is 24.3 Å². The molecule has 0 atom stereocenters. The number of ether oxygens (including phenoxy) is 1. The van der Waals surface area contributed by atoms with Crippen LogP contribution < -0.4 is 0 Å². The van der Waals surface area contributed by atoms with Gasteiger partial charge in [-0.3, -0.25) is 4.79 Å². The van der Waals surface area contributed by atoms with Gasteiger partial charge in [0.05, 0.1) is 7.11 Å². The average Bonchev–Trinajstić information content (AvgIpc) is 2.89. The second-order valence-electron chi connectivity index (χ2n) is 4.14. The third-order valence-electron chi connectivity index (χ3n) is 3.09. The van der Waals surface area contributed by atoms with Gasteiger partial charge in [-0.2, -0.15) is 0 Å². The Balaban J connectivity index is 2.42. The van der Waals surface area contributed by atoms with E-state index in [1.54, 1.807) is 0 Å². The molecular formula is C15H10O3S. The van der Waals surface area contributed by atoms with Crippen LogP contribution >= 0.6 is 11.3 Å². The highest BCUT2D eigenvalue weighted by atomic mass is 32.1. The van der Waals surface area contributed by atoms with Crippen LogP contribution in [0.2, 0.25) is 0 Å². The molecule has 19 heavy (non-hydrogen) atoms. The smallest absolute Gasteiger partial charge is 0.348 e. The third kappa shape index (κ3) is 1.81. The Morgan fingerprint density at radius 1 is 1.16 bits per heavy atom. The molecule has 4 heteroatoms. The van der Waals surface area contributed by atoms with E-state index in [1.165, 1.54) is 18.4 Å². The number of aldehydes is 1. The van der Waals surface area contributed by atoms with Crippen molar-refractivity contribution in [1.82, 2.24) is 0 Å². The number of carbonyl (C=O) groups excluding carboxylic acids is 2. The van der Waals surface area contributed by atoms with Gasteiger partial charge in [-0.25, -0.2) is 4.79 Å². The molecule has 0 fully saturated rings. The summed E-state index contributed by atoms with van der Waals surface area (Å²) < 4.78 is 5.65. The molecule has 0 aliphatic rings. The monoisotopic (exact) mass is 270 g/mol. The van der Waals surface area contributed by atoms with Gasteiger partial charge in [0.1, 0.15) is 4.88 Å². The predicted octanol–water partition coefficient (Wildman–Crippen LogP) is 3.65. The number of benzene rings is 2. The zero-order chi connectivity index (χ0) is 13.4. The normalized spacial score (nSPS) is 10.8. The molecule has 2 aromatic carbocycles. The lowest BCUT2D eigenvalue weighted by molar-refractivity contribution is 0.0606. The van der Waals surface area contributed by atoms with E-state index in [-0.39, 0.29) is 5.97 Å². The maximum atomic E-state index is 11.6. The lowest BCUT2D eigenvalue weighted by atomic mass is 10.0. The lowest BCUT2D eigenvalue weighted by Gasteiger charge is -2.02. The summed E-state index contributed by atoms with van der Waals surface area (Å²) in [5.41, 5.74) is 0.640. The Labute approximate surface area is 113 Å². The Bertz CT molecular complexity index is 802. The zero-order valence-electron chi connectivity index (χ0n) is 10.2. The lowest BCUT2D eigenvalue weighted by Crippen LogP contribution is -1.96. The van der Waals surface area contributed by atoms with Crippen LogP contribution in [0, 0.1) is 0 Å². The molecular weight excluding hydrogens is 260 g/mol. The minimum atomic E-state index is -0.349. The van der Waals surface area contributed by atoms with Crippen LogP contribution in [0.25, 0.3) is 20.9 Å². The number of hydrogen-bond acceptors (Lipinski definition) is 4. The molecule has 3 aromatic rings. The summed E-state index contributed by atoms with van der Waals surface area (Å²) in [6.45, 7) is 0. The van der Waals surface area contributed by atoms with Gasteiger partial charge >= 0.3 is 5.97 Å². The largest absolute Gasteiger partial charge is 0.465 e. The van der Waals surface area contributed by atoms with Gasteiger partial charge in [-0.15, -0.1) is 11.3 Å². The summed E-state index contributed by atoms with van der Waals surface area (Å²) >= 11 is 1.34. The van der Waals surface area contributed by atoms with Crippen LogP contribution in [0.15, 0.2) is 36.4 Å². The summed E-state index contributed by atoms with van der Waals surface area (Å²) in [5, 5.41) is 2.86. The van der Waals surface area contributed by atoms with E-state index in [9.17, 15) is 9.59 Å². The standard InChI is InChI=1S/C15H10O3S/c1-18-15(17)14-7-12-11-5-3-2-4-10(11)9(8-16)6-13(12)19-14/h2-8H,1H3. The maximum absolute atomic E-state index is 11.6. The van der Waals surface area contributed by atoms with Crippen LogP contribution in [-0.4, -0.2) is 19.4 Å². The van der Waals surface area contributed by atoms with Crippen molar-refractivity contribution in [2.24, 2.45) is 0 Å². The van der Waals surface area contributed by atoms with Gasteiger partial charge in [-0.05, 0) is 22.9 Å². The van der Waals surface area contributed by atoms with Gasteiger partial charge < -0.3 is 4.74 Å². The van der Waals surface area contributed by atoms with Crippen molar-refractivity contribution < 1.29 is 14.3 Å². The van der Waals surface area contributed by atoms with E-state index in [0.717, 1.165) is 27.1 Å². The minimum absolute atomic E-state index is 0.349. The van der Waals surface area contributed by atoms with Crippen LogP contribution in [0.4, 0.5) is 0 Å². The second-order valence-corrected chi connectivity index (χ2v) is 5.23. The highest BCUT2D eigenvalue weighted by molar-refractivity contribution is 7.21. The molecule has 0 saturated carbocycles. The van der Waals surface area contributed by atoms with Crippen molar-refractivity contribution in [1.29, 1.82) is 0 Å². The highest BCUT2D eigenvalue weighted by Gasteiger charge is 2.13. The fraction of sp³-hybridized carbons (Fsp3) is 0.0667. The molecule has 0 unspecified atom stereocenters. The van der Waals surface area contributed by atoms with Crippen molar-refractivity contribution in [3.05, 3.63) is 46.8 Å². The van der Waals surface area contributed by atoms with Crippen LogP contribution in [0.1, 0.15) is 20.0 Å². The molecule has 1 aromatic heterocycles. The Morgan fingerprint density at radius 2 is 1.89 bits per heavy atom. The van der Waals surface area contributed by atoms with Gasteiger partial charge in [0.15, 0.2) is 6.29 Å². The van der Waals surface area contributed by atoms with E-state index < -0.39 is 0 Å². The van der Waals surface area contributed by atoms with Gasteiger partial charge in [0.25, 0.3) is 0 Å². The van der Waals surface area contributed by atoms with Crippen molar-refractivity contribution >= 4 is 44.5 Å². The number of rotatable bonds is 2. The molecule has 3 nitrogen and oxygen atoms in total. The molecule has 0 aliphatic heterocycles. The molecule has 1 heterocycles. The summed E-state index contributed by atoms with van der Waals surface area (Å²) in [5.74, 6) is -0.349. The minimum Gasteiger partial charge on any atom is -0.465 e. The van der Waals surface area contributed by atoms with Gasteiger partial charge in [0.2, 0.25) is 0 Å². The molecule has 0 saturated heterocycles. The molecule has 3 rings (SSSR count). The quantitative estimate of drug-likeness (QED) is 0.527. The summed E-state index contributed by atoms with van der Waals surface area (Å²) in [6, 6.07) is 11.3. The van der Waals surface area contributed by atoms with E-state index in [4.69, 9.17) is 4.74 Å². The van der Waals surface area contributed by atoms with Crippen molar-refractivity contribution in [3.8, 4) is 0 Å². The third-order valence-corrected chi connectivity index (χ3v) is 4.15. The number of carbonyl (C=O) groups is 2. The fourth-order valence-electron chi connectivity index (χ4n) is 2.21. The zero-order valence-corrected chi connectivity index (χ0v) is 11.0. The van der Waals surface area contributed by atoms with Gasteiger partial charge in [0, 0.05) is 15.6 Å². The van der Waals surface area contributed by atoms with Crippen LogP contribution in [0.5, 0.6) is 0 Å². The Hall–Kier alpha value is -2.20. The first-order chi connectivity index (χ1) is 9.24. The molecule has 0 spiro atoms. The summed E-state index contributed by atoms with van der Waals surface area (Å²) in [7, 11) is 1.36. The molecule has 0 aliphatic carbocycles. The number of thiophene rings is 1. The number of hydrogen-bond donors (Lipinski definition) is 0. The van der Waals surface area contributed by atoms with E-state index in [1.807, 2.05) is 36.4 Å². The summed E-state index contributed by atoms with van der Waals surface area (Å²) in [4.78, 5) is 23.3. The maximum Gasteiger partial charge on any atom is 0.348 e. The van der Waals surface area contributed by atoms with Crippen molar-refractivity contribution in [2.75, 3.05) is 7.11 Å². The van der Waals surface area contributed by atoms with Crippen LogP contribution in [-0.2, 0) is 4.74 Å². The van der Waals surface area contributed by atoms with Crippen molar-refractivity contribution in [2.45, 2.75) is 0 Å². The van der Waals surface area contributed by atoms with E-state index in [2.05, 4.69) is 0 Å². The highest BCUT2D eigenvalue weighted by Crippen LogP contribution is 2.34. The van der Waals surface area contributed by atoms with Crippen molar-refractivity contribution in [3.63, 3.8) is 0 Å². The fourth-order valence-corrected chi connectivity index (χ4v) is 3.26. The number of fused-ring (bicyclic) bond motifs is 3. The molecule has 0 amide bonds. The number of esters is 1. The average molecular weight is 270 g/mol. The topological polar surface area (TPSA) is 43.4 Å². The molecule has 0 bridgehead atoms. The second kappa shape index (κ2) is 4.48. The molecule has 0 N–H and O–H groups in total. The number of methoxy groups -OCH3 is 1. The Morgan fingerprint density at radius 3 is 2.58 bits per heavy atom. The Kier molecular flexibility index (Phi) is 2.80. The first-order valence-corrected chi connectivity index (χ1v) is 6.55. The summed E-state index contributed by atoms with van der Waals surface area (Å²) in [6.07, 6.45) is 0.847. The van der Waals surface area contributed by atoms with E-state index in [0.29, 0.717) is 10.4 Å². The predicted molar refractivity (Wildman–Crippen MR) is 76.1 cm³/mol. The van der Waals surface area contributed by atoms with E-state index >= 15 is 0 Å². The first-order valence-electron chi connectivity index (χ1n) is 5.73. The van der Waals surface area contributed by atoms with Crippen LogP contribution in [0.3, 0.4) is 0 Å². The molecule has 94 valence electrons. The SMILES string of the molecule is COC(=O)c1cc2c(cc(C=O)c3ccccc32)s1.